The Morgan fingerprint density at radius 3 is 2.60 bits per heavy atom. The van der Waals surface area contributed by atoms with Gasteiger partial charge < -0.3 is 20.1 Å². The zero-order valence-corrected chi connectivity index (χ0v) is 13.9. The molecule has 0 bridgehead atoms. The van der Waals surface area contributed by atoms with Crippen LogP contribution in [0.5, 0.6) is 0 Å². The number of hydrogen-bond acceptors (Lipinski definition) is 6. The second-order valence-electron chi connectivity index (χ2n) is 4.86. The molecule has 1 aliphatic heterocycles. The predicted molar refractivity (Wildman–Crippen MR) is 69.4 cm³/mol. The average molecular weight is 391 g/mol. The van der Waals surface area contributed by atoms with Crippen LogP contribution in [-0.2, 0) is 4.74 Å². The van der Waals surface area contributed by atoms with Crippen molar-refractivity contribution in [1.29, 1.82) is 0 Å². The zero-order chi connectivity index (χ0) is 14.4. The number of aliphatic hydroxyl groups excluding tert-OH is 2. The largest absolute Gasteiger partial charge is 0.394 e. The number of aryl methyl sites for hydroxylation is 1. The average Bonchev–Trinajstić information content (AvgIpc) is 2.56. The van der Waals surface area contributed by atoms with Crippen LogP contribution in [0, 0.1) is 6.92 Å². The third-order valence-electron chi connectivity index (χ3n) is 3.33. The number of nitrogens with zero attached hydrogens (tertiary/aromatic N) is 1. The summed E-state index contributed by atoms with van der Waals surface area (Å²) in [6, 6.07) is 0. The van der Waals surface area contributed by atoms with Gasteiger partial charge in [0.2, 0.25) is 0 Å². The summed E-state index contributed by atoms with van der Waals surface area (Å²) in [5, 5.41) is 29.1. The van der Waals surface area contributed by atoms with Crippen LogP contribution in [0.4, 0.5) is 0 Å². The van der Waals surface area contributed by atoms with Crippen molar-refractivity contribution in [3.63, 3.8) is 0 Å². The summed E-state index contributed by atoms with van der Waals surface area (Å²) in [5.41, 5.74) is -2.78. The van der Waals surface area contributed by atoms with Gasteiger partial charge in [-0.1, -0.05) is 0 Å². The Morgan fingerprint density at radius 1 is 1.50 bits per heavy atom. The van der Waals surface area contributed by atoms with E-state index in [1.807, 2.05) is 0 Å². The van der Waals surface area contributed by atoms with Crippen LogP contribution in [0.25, 0.3) is 0 Å². The molecule has 4 atom stereocenters. The van der Waals surface area contributed by atoms with Crippen LogP contribution in [-0.4, -0.2) is 73.2 Å². The molecule has 1 aromatic heterocycles. The molecule has 0 amide bonds. The molecule has 0 aliphatic carbocycles. The number of aliphatic hydroxyl groups is 3. The Balaban J connectivity index is 0.00000200. The molecule has 8 nitrogen and oxygen atoms in total. The minimum Gasteiger partial charge on any atom is -0.394 e. The molecule has 20 heavy (non-hydrogen) atoms. The quantitative estimate of drug-likeness (QED) is 0.412. The summed E-state index contributed by atoms with van der Waals surface area (Å²) in [5.74, 6) is 0. The summed E-state index contributed by atoms with van der Waals surface area (Å²) in [6.07, 6.45) is -2.30. The van der Waals surface area contributed by atoms with Crippen molar-refractivity contribution in [2.75, 3.05) is 6.61 Å². The fraction of sp³-hybridized carbons (Fsp3) is 0.636. The monoisotopic (exact) mass is 392 g/mol. The molecular weight excluding hydrogens is 375 g/mol. The molecule has 2 rings (SSSR count). The first-order valence-corrected chi connectivity index (χ1v) is 5.78. The van der Waals surface area contributed by atoms with Crippen molar-refractivity contribution in [1.82, 2.24) is 9.55 Å². The number of nitrogens with one attached hydrogen (secondary N) is 1. The van der Waals surface area contributed by atoms with Crippen molar-refractivity contribution in [3.8, 4) is 0 Å². The summed E-state index contributed by atoms with van der Waals surface area (Å²) in [7, 11) is 0. The number of ether oxygens (including phenoxy) is 1. The van der Waals surface area contributed by atoms with Gasteiger partial charge in [0.05, 0.1) is 6.61 Å². The fourth-order valence-electron chi connectivity index (χ4n) is 2.15. The molecule has 1 saturated heterocycles. The van der Waals surface area contributed by atoms with Gasteiger partial charge in [-0.25, -0.2) is 4.79 Å². The van der Waals surface area contributed by atoms with Crippen LogP contribution in [0.1, 0.15) is 18.7 Å². The molecule has 1 aromatic rings. The second-order valence-corrected chi connectivity index (χ2v) is 4.86. The smallest absolute Gasteiger partial charge is 0.330 e. The topological polar surface area (TPSA) is 125 Å². The Hall–Kier alpha value is -0.681. The number of aromatic nitrogens is 2. The van der Waals surface area contributed by atoms with Gasteiger partial charge in [0, 0.05) is 35.7 Å². The molecule has 1 aliphatic rings. The van der Waals surface area contributed by atoms with Gasteiger partial charge in [0.25, 0.3) is 5.56 Å². The van der Waals surface area contributed by atoms with Crippen molar-refractivity contribution in [2.24, 2.45) is 0 Å². The molecule has 4 N–H and O–H groups in total. The molecule has 0 aromatic carbocycles. The Bertz CT molecular complexity index is 595. The predicted octanol–water partition coefficient (Wildman–Crippen LogP) is -2.53. The molecule has 0 spiro atoms. The molecule has 4 radical (unpaired) electrons. The van der Waals surface area contributed by atoms with E-state index >= 15 is 0 Å². The van der Waals surface area contributed by atoms with Crippen LogP contribution in [0.3, 0.4) is 0 Å². The molecule has 1 fully saturated rings. The molecular formula is C11H16N2O6Sn. The van der Waals surface area contributed by atoms with E-state index in [-0.39, 0.29) is 29.5 Å². The van der Waals surface area contributed by atoms with Crippen molar-refractivity contribution >= 4 is 23.9 Å². The van der Waals surface area contributed by atoms with Crippen LogP contribution in [0.15, 0.2) is 15.8 Å². The van der Waals surface area contributed by atoms with E-state index in [1.54, 1.807) is 0 Å². The number of hydrogen-bond donors (Lipinski definition) is 4. The van der Waals surface area contributed by atoms with Gasteiger partial charge in [-0.15, -0.1) is 0 Å². The van der Waals surface area contributed by atoms with E-state index in [2.05, 4.69) is 4.98 Å². The van der Waals surface area contributed by atoms with Gasteiger partial charge in [-0.2, -0.15) is 0 Å². The molecule has 2 heterocycles. The third-order valence-corrected chi connectivity index (χ3v) is 3.33. The zero-order valence-electron chi connectivity index (χ0n) is 11.0. The van der Waals surface area contributed by atoms with E-state index in [9.17, 15) is 19.8 Å². The SMILES string of the molecule is Cc1cn([C@@H]2O[C@H](CO)[C@@H](O)[C@@]2(C)O)c(=O)[nH]c1=O.[Sn]. The van der Waals surface area contributed by atoms with Crippen LogP contribution >= 0.6 is 0 Å². The van der Waals surface area contributed by atoms with Crippen LogP contribution < -0.4 is 11.2 Å². The van der Waals surface area contributed by atoms with E-state index < -0.39 is 41.9 Å². The van der Waals surface area contributed by atoms with Gasteiger partial charge >= 0.3 is 5.69 Å². The number of H-pyrrole nitrogens is 1. The van der Waals surface area contributed by atoms with Crippen LogP contribution in [0.2, 0.25) is 0 Å². The first kappa shape index (κ1) is 17.4. The summed E-state index contributed by atoms with van der Waals surface area (Å²) in [4.78, 5) is 25.1. The molecule has 0 saturated carbocycles. The van der Waals surface area contributed by atoms with Gasteiger partial charge in [0.15, 0.2) is 6.23 Å². The minimum atomic E-state index is -1.76. The normalized spacial score (nSPS) is 33.0. The maximum atomic E-state index is 11.7. The van der Waals surface area contributed by atoms with E-state index in [0.29, 0.717) is 0 Å². The first-order valence-electron chi connectivity index (χ1n) is 5.78. The molecule has 9 heteroatoms. The number of rotatable bonds is 2. The number of aromatic amines is 1. The van der Waals surface area contributed by atoms with E-state index in [0.717, 1.165) is 4.57 Å². The Labute approximate surface area is 131 Å². The maximum absolute atomic E-state index is 11.7. The van der Waals surface area contributed by atoms with Gasteiger partial charge in [0.1, 0.15) is 17.8 Å². The van der Waals surface area contributed by atoms with Crippen molar-refractivity contribution < 1.29 is 20.1 Å². The Morgan fingerprint density at radius 2 is 2.10 bits per heavy atom. The second kappa shape index (κ2) is 5.98. The van der Waals surface area contributed by atoms with Crippen molar-refractivity contribution in [3.05, 3.63) is 32.6 Å². The van der Waals surface area contributed by atoms with Crippen molar-refractivity contribution in [2.45, 2.75) is 37.9 Å². The Kier molecular flexibility index (Phi) is 5.19. The van der Waals surface area contributed by atoms with Gasteiger partial charge in [-0.3, -0.25) is 14.3 Å². The van der Waals surface area contributed by atoms with E-state index in [4.69, 9.17) is 9.84 Å². The van der Waals surface area contributed by atoms with Gasteiger partial charge in [-0.05, 0) is 13.8 Å². The molecule has 110 valence electrons. The maximum Gasteiger partial charge on any atom is 0.330 e. The summed E-state index contributed by atoms with van der Waals surface area (Å²) < 4.78 is 6.29. The van der Waals surface area contributed by atoms with E-state index in [1.165, 1.54) is 20.0 Å². The fourth-order valence-corrected chi connectivity index (χ4v) is 2.15. The summed E-state index contributed by atoms with van der Waals surface area (Å²) in [6.45, 7) is 2.30. The standard InChI is InChI=1S/C11H16N2O6.Sn/c1-5-3-13(10(17)12-8(5)16)9-11(2,18)7(15)6(4-14)19-9;/h3,6-7,9,14-15,18H,4H2,1-2H3,(H,12,16,17);/t6-,7-,9-,11-;/m1./s1. The third kappa shape index (κ3) is 2.70. The molecule has 0 unspecified atom stereocenters. The summed E-state index contributed by atoms with van der Waals surface area (Å²) >= 11 is 0. The minimum absolute atomic E-state index is 0. The first-order chi connectivity index (χ1) is 8.78.